The second-order valence-electron chi connectivity index (χ2n) is 2.22. The van der Waals surface area contributed by atoms with Gasteiger partial charge >= 0.3 is 0 Å². The molecule has 1 aliphatic rings. The van der Waals surface area contributed by atoms with Crippen LogP contribution in [-0.4, -0.2) is 5.84 Å². The van der Waals surface area contributed by atoms with E-state index in [-0.39, 0.29) is 0 Å². The number of allylic oxidation sites excluding steroid dienone is 2. The van der Waals surface area contributed by atoms with Crippen LogP contribution in [-0.2, 0) is 0 Å². The Bertz CT molecular complexity index is 191. The molecule has 0 fully saturated rings. The van der Waals surface area contributed by atoms with Crippen LogP contribution in [0.25, 0.3) is 0 Å². The molecule has 0 saturated carbocycles. The van der Waals surface area contributed by atoms with Gasteiger partial charge in [0, 0.05) is 6.20 Å². The van der Waals surface area contributed by atoms with Crippen LogP contribution in [0.15, 0.2) is 29.4 Å². The van der Waals surface area contributed by atoms with Crippen LogP contribution >= 0.6 is 0 Å². The maximum atomic E-state index is 5.15. The van der Waals surface area contributed by atoms with Gasteiger partial charge in [-0.05, 0) is 12.0 Å². The molecule has 3 N–H and O–H groups in total. The van der Waals surface area contributed by atoms with Gasteiger partial charge in [0.15, 0.2) is 0 Å². The molecular weight excluding hydrogens is 126 g/mol. The van der Waals surface area contributed by atoms with E-state index in [0.29, 0.717) is 11.8 Å². The van der Waals surface area contributed by atoms with E-state index in [1.165, 1.54) is 0 Å². The molecule has 0 spiro atoms. The largest absolute Gasteiger partial charge is 0.308 e. The minimum atomic E-state index is 0.439. The van der Waals surface area contributed by atoms with E-state index in [1.54, 1.807) is 6.20 Å². The Balaban J connectivity index is 2.71. The number of amidine groups is 1. The minimum absolute atomic E-state index is 0.439. The lowest BCUT2D eigenvalue weighted by Crippen LogP contribution is -2.28. The molecule has 3 nitrogen and oxygen atoms in total. The van der Waals surface area contributed by atoms with E-state index in [0.717, 1.165) is 0 Å². The van der Waals surface area contributed by atoms with Gasteiger partial charge in [0.1, 0.15) is 5.84 Å². The van der Waals surface area contributed by atoms with Crippen molar-refractivity contribution >= 4 is 5.84 Å². The molecule has 0 aromatic carbocycles. The first-order chi connectivity index (χ1) is 4.83. The Kier molecular flexibility index (Phi) is 2.23. The molecule has 1 atom stereocenters. The summed E-state index contributed by atoms with van der Waals surface area (Å²) in [6.07, 6.45) is 7.65. The number of aliphatic imine (C=N–C) groups is 1. The second kappa shape index (κ2) is 3.17. The summed E-state index contributed by atoms with van der Waals surface area (Å²) >= 11 is 0. The summed E-state index contributed by atoms with van der Waals surface area (Å²) in [6, 6.07) is 0. The summed E-state index contributed by atoms with van der Waals surface area (Å²) in [5.41, 5.74) is 2.48. The third-order valence-electron chi connectivity index (χ3n) is 1.31. The second-order valence-corrected chi connectivity index (χ2v) is 2.22. The first kappa shape index (κ1) is 7.02. The third kappa shape index (κ3) is 1.70. The molecule has 1 unspecified atom stereocenters. The van der Waals surface area contributed by atoms with Crippen LogP contribution < -0.4 is 11.3 Å². The van der Waals surface area contributed by atoms with Crippen molar-refractivity contribution in [2.24, 2.45) is 16.8 Å². The molecule has 0 bridgehead atoms. The molecular formula is C7H11N3. The average Bonchev–Trinajstić information content (AvgIpc) is 2.14. The zero-order valence-electron chi connectivity index (χ0n) is 5.91. The average molecular weight is 137 g/mol. The van der Waals surface area contributed by atoms with E-state index >= 15 is 0 Å². The van der Waals surface area contributed by atoms with Crippen LogP contribution in [0.3, 0.4) is 0 Å². The Hall–Kier alpha value is -1.09. The standard InChI is InChI=1S/C7H11N3/c1-6-2-3-7(10-8)9-5-4-6/h2-6H,8H2,1H3,(H,9,10). The van der Waals surface area contributed by atoms with Crippen molar-refractivity contribution in [1.82, 2.24) is 5.43 Å². The lowest BCUT2D eigenvalue weighted by Gasteiger charge is -1.94. The molecule has 1 heterocycles. The van der Waals surface area contributed by atoms with Gasteiger partial charge in [-0.15, -0.1) is 0 Å². The highest BCUT2D eigenvalue weighted by molar-refractivity contribution is 5.93. The van der Waals surface area contributed by atoms with E-state index in [1.807, 2.05) is 18.2 Å². The number of nitrogens with zero attached hydrogens (tertiary/aromatic N) is 1. The van der Waals surface area contributed by atoms with Crippen molar-refractivity contribution < 1.29 is 0 Å². The van der Waals surface area contributed by atoms with E-state index < -0.39 is 0 Å². The highest BCUT2D eigenvalue weighted by Gasteiger charge is 1.94. The lowest BCUT2D eigenvalue weighted by atomic mass is 10.2. The summed E-state index contributed by atoms with van der Waals surface area (Å²) in [7, 11) is 0. The van der Waals surface area contributed by atoms with Crippen molar-refractivity contribution in [2.75, 3.05) is 0 Å². The fraction of sp³-hybridized carbons (Fsp3) is 0.286. The van der Waals surface area contributed by atoms with Gasteiger partial charge in [-0.1, -0.05) is 19.1 Å². The third-order valence-corrected chi connectivity index (χ3v) is 1.31. The van der Waals surface area contributed by atoms with Gasteiger partial charge in [0.05, 0.1) is 0 Å². The van der Waals surface area contributed by atoms with E-state index in [2.05, 4.69) is 17.3 Å². The van der Waals surface area contributed by atoms with Crippen molar-refractivity contribution in [2.45, 2.75) is 6.92 Å². The SMILES string of the molecule is CC1C=CN=C(NN)C=C1. The van der Waals surface area contributed by atoms with Crippen LogP contribution in [0.4, 0.5) is 0 Å². The molecule has 10 heavy (non-hydrogen) atoms. The highest BCUT2D eigenvalue weighted by atomic mass is 15.2. The van der Waals surface area contributed by atoms with Crippen molar-refractivity contribution in [3.8, 4) is 0 Å². The fourth-order valence-electron chi connectivity index (χ4n) is 0.695. The maximum absolute atomic E-state index is 5.15. The molecule has 0 saturated heterocycles. The smallest absolute Gasteiger partial charge is 0.139 e. The number of nitrogens with one attached hydrogen (secondary N) is 1. The predicted octanol–water partition coefficient (Wildman–Crippen LogP) is 0.568. The summed E-state index contributed by atoms with van der Waals surface area (Å²) in [4.78, 5) is 4.01. The Morgan fingerprint density at radius 3 is 3.10 bits per heavy atom. The normalized spacial score (nSPS) is 23.8. The van der Waals surface area contributed by atoms with Gasteiger partial charge in [0.2, 0.25) is 0 Å². The number of nitrogens with two attached hydrogens (primary N) is 1. The Morgan fingerprint density at radius 2 is 2.40 bits per heavy atom. The number of hydrazine groups is 1. The number of rotatable bonds is 0. The molecule has 0 aromatic rings. The zero-order chi connectivity index (χ0) is 7.40. The van der Waals surface area contributed by atoms with Crippen LogP contribution in [0.5, 0.6) is 0 Å². The van der Waals surface area contributed by atoms with Crippen molar-refractivity contribution in [3.63, 3.8) is 0 Å². The van der Waals surface area contributed by atoms with E-state index in [4.69, 9.17) is 5.84 Å². The molecule has 1 rings (SSSR count). The summed E-state index contributed by atoms with van der Waals surface area (Å²) < 4.78 is 0. The molecule has 54 valence electrons. The lowest BCUT2D eigenvalue weighted by molar-refractivity contribution is 0.940. The topological polar surface area (TPSA) is 50.4 Å². The van der Waals surface area contributed by atoms with Crippen LogP contribution in [0.1, 0.15) is 6.92 Å². The number of hydrogen-bond donors (Lipinski definition) is 2. The van der Waals surface area contributed by atoms with Gasteiger partial charge < -0.3 is 5.43 Å². The molecule has 0 amide bonds. The van der Waals surface area contributed by atoms with Gasteiger partial charge in [-0.3, -0.25) is 0 Å². The maximum Gasteiger partial charge on any atom is 0.139 e. The van der Waals surface area contributed by atoms with E-state index in [9.17, 15) is 0 Å². The van der Waals surface area contributed by atoms with Gasteiger partial charge in [-0.25, -0.2) is 10.8 Å². The molecule has 3 heteroatoms. The number of hydrogen-bond acceptors (Lipinski definition) is 3. The Labute approximate surface area is 60.3 Å². The molecule has 0 aromatic heterocycles. The Morgan fingerprint density at radius 1 is 1.60 bits per heavy atom. The first-order valence-electron chi connectivity index (χ1n) is 3.22. The zero-order valence-corrected chi connectivity index (χ0v) is 5.91. The summed E-state index contributed by atoms with van der Waals surface area (Å²) in [6.45, 7) is 2.09. The minimum Gasteiger partial charge on any atom is -0.308 e. The first-order valence-corrected chi connectivity index (χ1v) is 3.22. The van der Waals surface area contributed by atoms with Gasteiger partial charge in [0.25, 0.3) is 0 Å². The summed E-state index contributed by atoms with van der Waals surface area (Å²) in [5, 5.41) is 0. The quantitative estimate of drug-likeness (QED) is 0.379. The summed E-state index contributed by atoms with van der Waals surface area (Å²) in [5.74, 6) is 6.29. The molecule has 1 aliphatic heterocycles. The van der Waals surface area contributed by atoms with Crippen molar-refractivity contribution in [1.29, 1.82) is 0 Å². The van der Waals surface area contributed by atoms with Crippen LogP contribution in [0.2, 0.25) is 0 Å². The van der Waals surface area contributed by atoms with Crippen LogP contribution in [0, 0.1) is 5.92 Å². The highest BCUT2D eigenvalue weighted by Crippen LogP contribution is 2.02. The van der Waals surface area contributed by atoms with Crippen molar-refractivity contribution in [3.05, 3.63) is 24.4 Å². The van der Waals surface area contributed by atoms with Gasteiger partial charge in [-0.2, -0.15) is 0 Å². The molecule has 0 aliphatic carbocycles. The predicted molar refractivity (Wildman–Crippen MR) is 42.2 cm³/mol. The molecule has 0 radical (unpaired) electrons. The monoisotopic (exact) mass is 137 g/mol. The fourth-order valence-corrected chi connectivity index (χ4v) is 0.695.